The van der Waals surface area contributed by atoms with E-state index in [-0.39, 0.29) is 0 Å². The monoisotopic (exact) mass is 620 g/mol. The number of fused-ring (bicyclic) bond motifs is 2. The Morgan fingerprint density at radius 3 is 1.45 bits per heavy atom. The Balaban J connectivity index is 1.57. The molecule has 0 saturated heterocycles. The molecule has 0 radical (unpaired) electrons. The summed E-state index contributed by atoms with van der Waals surface area (Å²) >= 11 is 3.70. The molecule has 2 atom stereocenters. The van der Waals surface area contributed by atoms with Crippen molar-refractivity contribution in [3.8, 4) is 0 Å². The average molecular weight is 621 g/mol. The molecule has 4 aromatic rings. The third-order valence-electron chi connectivity index (χ3n) is 6.55. The number of aromatic nitrogens is 2. The summed E-state index contributed by atoms with van der Waals surface area (Å²) in [5.41, 5.74) is 2.22. The number of para-hydroxylation sites is 2. The van der Waals surface area contributed by atoms with Gasteiger partial charge in [-0.2, -0.15) is 0 Å². The van der Waals surface area contributed by atoms with E-state index in [4.69, 9.17) is 18.8 Å². The summed E-state index contributed by atoms with van der Waals surface area (Å²) in [6.07, 6.45) is 2.17. The predicted octanol–water partition coefficient (Wildman–Crippen LogP) is 10.3. The van der Waals surface area contributed by atoms with Crippen LogP contribution in [-0.2, 0) is 8.85 Å². The van der Waals surface area contributed by atoms with Crippen LogP contribution in [0.4, 0.5) is 0 Å². The minimum absolute atomic E-state index is 0.332. The zero-order valence-corrected chi connectivity index (χ0v) is 28.6. The van der Waals surface area contributed by atoms with E-state index in [2.05, 4.69) is 88.6 Å². The molecule has 2 heterocycles. The maximum atomic E-state index is 6.19. The SMILES string of the molecule is CCO[Si](C)(C)CCC(SSC(CC[Si](C)(C)OCC)c1nc2ccccc2s1)c1nc2ccccc2s1. The fraction of sp³-hybridized carbons (Fsp3) is 0.500. The zero-order chi connectivity index (χ0) is 27.2. The molecule has 38 heavy (non-hydrogen) atoms. The number of hydrogen-bond acceptors (Lipinski definition) is 8. The van der Waals surface area contributed by atoms with Gasteiger partial charge in [0.25, 0.3) is 0 Å². The van der Waals surface area contributed by atoms with Crippen molar-refractivity contribution in [3.05, 3.63) is 58.5 Å². The number of nitrogens with zero attached hydrogens (tertiary/aromatic N) is 2. The lowest BCUT2D eigenvalue weighted by Gasteiger charge is -2.26. The van der Waals surface area contributed by atoms with Crippen molar-refractivity contribution in [1.82, 2.24) is 9.97 Å². The van der Waals surface area contributed by atoms with Gasteiger partial charge in [0.15, 0.2) is 16.6 Å². The van der Waals surface area contributed by atoms with Crippen LogP contribution in [0.25, 0.3) is 20.4 Å². The van der Waals surface area contributed by atoms with Gasteiger partial charge in [0.2, 0.25) is 0 Å². The van der Waals surface area contributed by atoms with Crippen LogP contribution in [0.5, 0.6) is 0 Å². The van der Waals surface area contributed by atoms with E-state index in [1.807, 2.05) is 44.3 Å². The number of hydrogen-bond donors (Lipinski definition) is 0. The summed E-state index contributed by atoms with van der Waals surface area (Å²) in [5.74, 6) is 0. The van der Waals surface area contributed by atoms with E-state index in [1.165, 1.54) is 19.4 Å². The Morgan fingerprint density at radius 1 is 0.684 bits per heavy atom. The van der Waals surface area contributed by atoms with Gasteiger partial charge in [-0.25, -0.2) is 9.97 Å². The van der Waals surface area contributed by atoms with Crippen LogP contribution in [0.3, 0.4) is 0 Å². The summed E-state index contributed by atoms with van der Waals surface area (Å²) in [6, 6.07) is 19.3. The summed E-state index contributed by atoms with van der Waals surface area (Å²) in [4.78, 5) is 10.2. The Morgan fingerprint density at radius 2 is 1.08 bits per heavy atom. The van der Waals surface area contributed by atoms with E-state index in [9.17, 15) is 0 Å². The lowest BCUT2D eigenvalue weighted by Crippen LogP contribution is -2.30. The second-order valence-electron chi connectivity index (χ2n) is 10.7. The molecule has 0 N–H and O–H groups in total. The second kappa shape index (κ2) is 13.8. The number of rotatable bonds is 15. The van der Waals surface area contributed by atoms with Gasteiger partial charge in [0.05, 0.1) is 30.9 Å². The van der Waals surface area contributed by atoms with E-state index >= 15 is 0 Å². The van der Waals surface area contributed by atoms with Crippen molar-refractivity contribution in [3.63, 3.8) is 0 Å². The molecule has 0 spiro atoms. The normalized spacial score (nSPS) is 14.4. The predicted molar refractivity (Wildman–Crippen MR) is 177 cm³/mol. The second-order valence-corrected chi connectivity index (χ2v) is 24.1. The Bertz CT molecular complexity index is 1140. The molecule has 4 nitrogen and oxygen atoms in total. The average Bonchev–Trinajstić information content (AvgIpc) is 3.49. The van der Waals surface area contributed by atoms with E-state index in [1.54, 1.807) is 0 Å². The Hall–Kier alpha value is -0.726. The van der Waals surface area contributed by atoms with Gasteiger partial charge in [0, 0.05) is 13.2 Å². The number of benzene rings is 2. The zero-order valence-electron chi connectivity index (χ0n) is 23.4. The Labute approximate surface area is 246 Å². The fourth-order valence-corrected chi connectivity index (χ4v) is 14.5. The first-order valence-electron chi connectivity index (χ1n) is 13.5. The minimum atomic E-state index is -1.70. The molecule has 10 heteroatoms. The molecular weight excluding hydrogens is 581 g/mol. The van der Waals surface area contributed by atoms with Crippen LogP contribution < -0.4 is 0 Å². The van der Waals surface area contributed by atoms with E-state index < -0.39 is 16.6 Å². The van der Waals surface area contributed by atoms with Crippen molar-refractivity contribution in [2.45, 2.75) is 75.5 Å². The summed E-state index contributed by atoms with van der Waals surface area (Å²) in [6.45, 7) is 15.2. The standard InChI is InChI=1S/C28H40N2O2S4Si2/c1-7-31-37(3,4)19-17-25(27-29-21-13-9-11-15-23(21)33-27)35-36-26(18-20-38(5,6)32-8-2)28-30-22-14-10-12-16-24(22)34-28/h9-16,25-26H,7-8,17-20H2,1-6H3. The van der Waals surface area contributed by atoms with Crippen molar-refractivity contribution < 1.29 is 8.85 Å². The highest BCUT2D eigenvalue weighted by atomic mass is 33.1. The highest BCUT2D eigenvalue weighted by Gasteiger charge is 2.30. The molecule has 2 unspecified atom stereocenters. The van der Waals surface area contributed by atoms with Gasteiger partial charge in [-0.05, 0) is 89.2 Å². The Kier molecular flexibility index (Phi) is 10.9. The first-order chi connectivity index (χ1) is 18.2. The highest BCUT2D eigenvalue weighted by molar-refractivity contribution is 8.76. The molecule has 0 bridgehead atoms. The molecule has 0 aliphatic rings. The molecule has 0 fully saturated rings. The van der Waals surface area contributed by atoms with Gasteiger partial charge < -0.3 is 8.85 Å². The molecule has 0 amide bonds. The van der Waals surface area contributed by atoms with Gasteiger partial charge in [-0.1, -0.05) is 45.9 Å². The minimum Gasteiger partial charge on any atom is -0.418 e. The van der Waals surface area contributed by atoms with E-state index in [0.29, 0.717) is 10.5 Å². The quantitative estimate of drug-likeness (QED) is 0.0973. The van der Waals surface area contributed by atoms with Crippen LogP contribution >= 0.6 is 44.3 Å². The molecule has 206 valence electrons. The molecular formula is C28H40N2O2S4Si2. The topological polar surface area (TPSA) is 44.2 Å². The molecule has 0 aliphatic carbocycles. The first-order valence-corrected chi connectivity index (χ1v) is 23.6. The molecule has 4 rings (SSSR count). The highest BCUT2D eigenvalue weighted by Crippen LogP contribution is 2.52. The van der Waals surface area contributed by atoms with Crippen molar-refractivity contribution in [2.75, 3.05) is 13.2 Å². The van der Waals surface area contributed by atoms with Crippen LogP contribution in [0.15, 0.2) is 48.5 Å². The van der Waals surface area contributed by atoms with Gasteiger partial charge >= 0.3 is 0 Å². The fourth-order valence-electron chi connectivity index (χ4n) is 4.50. The maximum Gasteiger partial charge on any atom is 0.186 e. The third-order valence-corrected chi connectivity index (χ3v) is 17.5. The third kappa shape index (κ3) is 8.39. The first kappa shape index (κ1) is 30.2. The molecule has 2 aromatic carbocycles. The van der Waals surface area contributed by atoms with Crippen LogP contribution in [0, 0.1) is 0 Å². The van der Waals surface area contributed by atoms with E-state index in [0.717, 1.165) is 49.2 Å². The van der Waals surface area contributed by atoms with Crippen LogP contribution in [-0.4, -0.2) is 39.8 Å². The van der Waals surface area contributed by atoms with Crippen molar-refractivity contribution >= 4 is 81.3 Å². The van der Waals surface area contributed by atoms with Gasteiger partial charge in [-0.3, -0.25) is 0 Å². The molecule has 0 saturated carbocycles. The maximum absolute atomic E-state index is 6.19. The smallest absolute Gasteiger partial charge is 0.186 e. The number of thiazole rings is 2. The van der Waals surface area contributed by atoms with Crippen molar-refractivity contribution in [2.24, 2.45) is 0 Å². The van der Waals surface area contributed by atoms with Crippen LogP contribution in [0.2, 0.25) is 38.3 Å². The van der Waals surface area contributed by atoms with Crippen LogP contribution in [0.1, 0.15) is 47.2 Å². The van der Waals surface area contributed by atoms with Crippen molar-refractivity contribution in [1.29, 1.82) is 0 Å². The summed E-state index contributed by atoms with van der Waals surface area (Å²) in [5, 5.41) is 3.13. The summed E-state index contributed by atoms with van der Waals surface area (Å²) < 4.78 is 14.9. The lowest BCUT2D eigenvalue weighted by molar-refractivity contribution is 0.327. The molecule has 0 aliphatic heterocycles. The summed E-state index contributed by atoms with van der Waals surface area (Å²) in [7, 11) is 0.603. The van der Waals surface area contributed by atoms with Gasteiger partial charge in [0.1, 0.15) is 10.0 Å². The lowest BCUT2D eigenvalue weighted by atomic mass is 10.3. The van der Waals surface area contributed by atoms with Gasteiger partial charge in [-0.15, -0.1) is 22.7 Å². The largest absolute Gasteiger partial charge is 0.418 e. The molecule has 2 aromatic heterocycles.